The molecule has 2 aliphatic rings. The van der Waals surface area contributed by atoms with Gasteiger partial charge in [0.25, 0.3) is 0 Å². The normalized spacial score (nSPS) is 24.9. The van der Waals surface area contributed by atoms with Crippen molar-refractivity contribution in [2.75, 3.05) is 6.54 Å². The fourth-order valence-electron chi connectivity index (χ4n) is 3.96. The van der Waals surface area contributed by atoms with Crippen LogP contribution in [0.15, 0.2) is 24.4 Å². The zero-order valence-electron chi connectivity index (χ0n) is 15.8. The molecule has 0 radical (unpaired) electrons. The highest BCUT2D eigenvalue weighted by Gasteiger charge is 2.45. The van der Waals surface area contributed by atoms with Crippen LogP contribution in [0.2, 0.25) is 0 Å². The van der Waals surface area contributed by atoms with Crippen LogP contribution in [0.5, 0.6) is 0 Å². The Morgan fingerprint density at radius 3 is 2.89 bits per heavy atom. The lowest BCUT2D eigenvalue weighted by Gasteiger charge is -2.42. The molecule has 7 nitrogen and oxygen atoms in total. The van der Waals surface area contributed by atoms with E-state index in [1.807, 2.05) is 18.2 Å². The molecule has 0 aromatic carbocycles. The van der Waals surface area contributed by atoms with Gasteiger partial charge in [-0.1, -0.05) is 25.8 Å². The van der Waals surface area contributed by atoms with E-state index in [2.05, 4.69) is 22.5 Å². The number of urea groups is 1. The van der Waals surface area contributed by atoms with Crippen LogP contribution in [0, 0.1) is 11.8 Å². The number of imide groups is 1. The van der Waals surface area contributed by atoms with Crippen LogP contribution >= 0.6 is 0 Å². The number of rotatable bonds is 7. The van der Waals surface area contributed by atoms with Crippen LogP contribution in [0.3, 0.4) is 0 Å². The van der Waals surface area contributed by atoms with Gasteiger partial charge >= 0.3 is 6.03 Å². The average molecular weight is 372 g/mol. The molecule has 3 unspecified atom stereocenters. The lowest BCUT2D eigenvalue weighted by molar-refractivity contribution is -0.139. The monoisotopic (exact) mass is 372 g/mol. The van der Waals surface area contributed by atoms with E-state index >= 15 is 0 Å². The van der Waals surface area contributed by atoms with Crippen LogP contribution < -0.4 is 10.6 Å². The van der Waals surface area contributed by atoms with Crippen molar-refractivity contribution in [1.82, 2.24) is 20.5 Å². The summed E-state index contributed by atoms with van der Waals surface area (Å²) in [5.74, 6) is -0.503. The maximum atomic E-state index is 12.7. The molecule has 7 heteroatoms. The fraction of sp³-hybridized carbons (Fsp3) is 0.600. The number of aromatic nitrogens is 1. The molecule has 0 bridgehead atoms. The van der Waals surface area contributed by atoms with E-state index in [1.165, 1.54) is 4.90 Å². The molecule has 1 aromatic heterocycles. The van der Waals surface area contributed by atoms with E-state index < -0.39 is 0 Å². The van der Waals surface area contributed by atoms with Crippen molar-refractivity contribution in [1.29, 1.82) is 0 Å². The third-order valence-corrected chi connectivity index (χ3v) is 5.51. The minimum absolute atomic E-state index is 0.0359. The zero-order chi connectivity index (χ0) is 19.2. The highest BCUT2D eigenvalue weighted by Crippen LogP contribution is 2.33. The Hall–Kier alpha value is -2.44. The first-order valence-electron chi connectivity index (χ1n) is 9.89. The Morgan fingerprint density at radius 1 is 1.30 bits per heavy atom. The summed E-state index contributed by atoms with van der Waals surface area (Å²) in [5.41, 5.74) is 0.809. The maximum Gasteiger partial charge on any atom is 0.324 e. The molecule has 2 N–H and O–H groups in total. The minimum Gasteiger partial charge on any atom is -0.350 e. The van der Waals surface area contributed by atoms with Crippen molar-refractivity contribution in [3.05, 3.63) is 30.1 Å². The molecule has 0 spiro atoms. The second-order valence-corrected chi connectivity index (χ2v) is 7.41. The largest absolute Gasteiger partial charge is 0.350 e. The van der Waals surface area contributed by atoms with Crippen molar-refractivity contribution in [3.8, 4) is 0 Å². The van der Waals surface area contributed by atoms with E-state index in [0.29, 0.717) is 32.4 Å². The van der Waals surface area contributed by atoms with E-state index in [9.17, 15) is 14.4 Å². The predicted molar refractivity (Wildman–Crippen MR) is 100 cm³/mol. The number of pyridine rings is 1. The van der Waals surface area contributed by atoms with Gasteiger partial charge in [0.2, 0.25) is 11.8 Å². The molecule has 3 rings (SSSR count). The summed E-state index contributed by atoms with van der Waals surface area (Å²) in [6, 6.07) is 5.03. The molecular weight excluding hydrogens is 344 g/mol. The number of amides is 4. The summed E-state index contributed by atoms with van der Waals surface area (Å²) in [6.45, 7) is 2.96. The number of carbonyl (C=O) groups excluding carboxylic acids is 3. The van der Waals surface area contributed by atoms with Crippen molar-refractivity contribution in [3.63, 3.8) is 0 Å². The third kappa shape index (κ3) is 4.64. The number of hydrogen-bond acceptors (Lipinski definition) is 4. The van der Waals surface area contributed by atoms with Crippen LogP contribution in [-0.4, -0.2) is 40.3 Å². The molecule has 4 amide bonds. The van der Waals surface area contributed by atoms with Gasteiger partial charge < -0.3 is 10.6 Å². The zero-order valence-corrected chi connectivity index (χ0v) is 15.8. The lowest BCUT2D eigenvalue weighted by Crippen LogP contribution is -2.62. The van der Waals surface area contributed by atoms with Gasteiger partial charge in [-0.05, 0) is 37.8 Å². The number of hydrogen-bond donors (Lipinski definition) is 2. The molecule has 1 aliphatic carbocycles. The molecule has 1 saturated heterocycles. The van der Waals surface area contributed by atoms with Gasteiger partial charge in [0.15, 0.2) is 0 Å². The van der Waals surface area contributed by atoms with E-state index in [0.717, 1.165) is 25.0 Å². The van der Waals surface area contributed by atoms with E-state index in [-0.39, 0.29) is 35.7 Å². The predicted octanol–water partition coefficient (Wildman–Crippen LogP) is 2.22. The first-order valence-corrected chi connectivity index (χ1v) is 9.89. The van der Waals surface area contributed by atoms with Gasteiger partial charge in [0, 0.05) is 24.7 Å². The Balaban J connectivity index is 1.53. The Morgan fingerprint density at radius 2 is 2.15 bits per heavy atom. The van der Waals surface area contributed by atoms with Gasteiger partial charge in [0.1, 0.15) is 0 Å². The van der Waals surface area contributed by atoms with E-state index in [4.69, 9.17) is 0 Å². The number of carbonyl (C=O) groups is 3. The SMILES string of the molecule is CCCCCN1C(=O)NC2CC(C(=O)NCc3ccccn3)CCC2C1=O. The summed E-state index contributed by atoms with van der Waals surface area (Å²) in [6.07, 6.45) is 6.40. The topological polar surface area (TPSA) is 91.4 Å². The first kappa shape index (κ1) is 19.3. The molecule has 1 aromatic rings. The lowest BCUT2D eigenvalue weighted by atomic mass is 9.76. The van der Waals surface area contributed by atoms with Crippen molar-refractivity contribution in [2.24, 2.45) is 11.8 Å². The Labute approximate surface area is 159 Å². The maximum absolute atomic E-state index is 12.7. The highest BCUT2D eigenvalue weighted by atomic mass is 16.2. The van der Waals surface area contributed by atoms with Crippen LogP contribution in [0.4, 0.5) is 4.79 Å². The average Bonchev–Trinajstić information content (AvgIpc) is 2.69. The summed E-state index contributed by atoms with van der Waals surface area (Å²) in [4.78, 5) is 43.1. The first-order chi connectivity index (χ1) is 13.1. The van der Waals surface area contributed by atoms with Gasteiger partial charge in [-0.25, -0.2) is 4.79 Å². The Bertz CT molecular complexity index is 679. The number of unbranched alkanes of at least 4 members (excludes halogenated alkanes) is 2. The molecule has 1 saturated carbocycles. The van der Waals surface area contributed by atoms with Crippen LogP contribution in [0.25, 0.3) is 0 Å². The quantitative estimate of drug-likeness (QED) is 0.718. The molecule has 3 atom stereocenters. The number of nitrogens with zero attached hydrogens (tertiary/aromatic N) is 2. The minimum atomic E-state index is -0.313. The number of nitrogens with one attached hydrogen (secondary N) is 2. The second kappa shape index (κ2) is 8.97. The molecule has 27 heavy (non-hydrogen) atoms. The van der Waals surface area contributed by atoms with Gasteiger partial charge in [-0.3, -0.25) is 19.5 Å². The molecule has 2 heterocycles. The summed E-state index contributed by atoms with van der Waals surface area (Å²) >= 11 is 0. The van der Waals surface area contributed by atoms with Crippen molar-refractivity contribution >= 4 is 17.8 Å². The van der Waals surface area contributed by atoms with E-state index in [1.54, 1.807) is 6.20 Å². The summed E-state index contributed by atoms with van der Waals surface area (Å²) in [7, 11) is 0. The molecular formula is C20H28N4O3. The molecule has 1 aliphatic heterocycles. The van der Waals surface area contributed by atoms with Crippen LogP contribution in [0.1, 0.15) is 51.1 Å². The molecule has 146 valence electrons. The number of fused-ring (bicyclic) bond motifs is 1. The summed E-state index contributed by atoms with van der Waals surface area (Å²) in [5, 5.41) is 5.88. The smallest absolute Gasteiger partial charge is 0.324 e. The third-order valence-electron chi connectivity index (χ3n) is 5.51. The fourth-order valence-corrected chi connectivity index (χ4v) is 3.96. The van der Waals surface area contributed by atoms with Crippen molar-refractivity contribution < 1.29 is 14.4 Å². The Kier molecular flexibility index (Phi) is 6.42. The van der Waals surface area contributed by atoms with Gasteiger partial charge in [0.05, 0.1) is 18.2 Å². The van der Waals surface area contributed by atoms with Gasteiger partial charge in [-0.2, -0.15) is 0 Å². The molecule has 2 fully saturated rings. The van der Waals surface area contributed by atoms with Crippen molar-refractivity contribution in [2.45, 2.75) is 58.0 Å². The summed E-state index contributed by atoms with van der Waals surface area (Å²) < 4.78 is 0. The second-order valence-electron chi connectivity index (χ2n) is 7.41. The van der Waals surface area contributed by atoms with Crippen LogP contribution in [-0.2, 0) is 16.1 Å². The standard InChI is InChI=1S/C20H28N4O3/c1-2-3-6-11-24-19(26)16-9-8-14(12-17(16)23-20(24)27)18(25)22-13-15-7-4-5-10-21-15/h4-5,7,10,14,16-17H,2-3,6,8-9,11-13H2,1H3,(H,22,25)(H,23,27). The van der Waals surface area contributed by atoms with Gasteiger partial charge in [-0.15, -0.1) is 0 Å². The highest BCUT2D eigenvalue weighted by molar-refractivity contribution is 5.99.